The number of hydrogen-bond donors (Lipinski definition) is 0. The Bertz CT molecular complexity index is 650. The van der Waals surface area contributed by atoms with E-state index in [-0.39, 0.29) is 0 Å². The summed E-state index contributed by atoms with van der Waals surface area (Å²) in [7, 11) is 2.20. The Kier molecular flexibility index (Phi) is 7.12. The molecule has 1 saturated heterocycles. The van der Waals surface area contributed by atoms with Crippen LogP contribution < -0.4 is 4.74 Å². The highest BCUT2D eigenvalue weighted by atomic mass is 35.5. The lowest BCUT2D eigenvalue weighted by molar-refractivity contribution is 0.149. The zero-order chi connectivity index (χ0) is 18.4. The average Bonchev–Trinajstić information content (AvgIpc) is 2.62. The van der Waals surface area contributed by atoms with Crippen molar-refractivity contribution in [2.75, 3.05) is 46.4 Å². The first-order chi connectivity index (χ1) is 12.6. The van der Waals surface area contributed by atoms with E-state index in [1.807, 2.05) is 12.3 Å². The van der Waals surface area contributed by atoms with E-state index < -0.39 is 0 Å². The van der Waals surface area contributed by atoms with Gasteiger partial charge in [0.05, 0.1) is 6.61 Å². The van der Waals surface area contributed by atoms with E-state index in [4.69, 9.17) is 16.3 Å². The van der Waals surface area contributed by atoms with Gasteiger partial charge in [0, 0.05) is 49.4 Å². The summed E-state index contributed by atoms with van der Waals surface area (Å²) in [5.74, 6) is 1.04. The molecule has 1 atom stereocenters. The van der Waals surface area contributed by atoms with Crippen LogP contribution in [0.5, 0.6) is 5.88 Å². The SMILES string of the molecule is CC1=CC(c2ccnc(OCCCCN3CCN(C)CC3)c2)CC(Cl)=C1. The predicted molar refractivity (Wildman–Crippen MR) is 108 cm³/mol. The minimum Gasteiger partial charge on any atom is -0.478 e. The maximum absolute atomic E-state index is 6.25. The standard InChI is InChI=1S/C21H30ClN3O/c1-17-13-19(15-20(22)14-17)18-5-6-23-21(16-18)26-12-4-3-7-25-10-8-24(2)9-11-25/h5-6,13-14,16,19H,3-4,7-12,15H2,1-2H3. The van der Waals surface area contributed by atoms with Crippen molar-refractivity contribution in [3.05, 3.63) is 46.7 Å². The van der Waals surface area contributed by atoms with E-state index >= 15 is 0 Å². The molecule has 1 aromatic heterocycles. The lowest BCUT2D eigenvalue weighted by Crippen LogP contribution is -2.44. The Morgan fingerprint density at radius 1 is 1.23 bits per heavy atom. The number of pyridine rings is 1. The maximum Gasteiger partial charge on any atom is 0.213 e. The van der Waals surface area contributed by atoms with Gasteiger partial charge in [0.25, 0.3) is 0 Å². The van der Waals surface area contributed by atoms with Gasteiger partial charge in [-0.05, 0) is 57.5 Å². The number of nitrogens with zero attached hydrogens (tertiary/aromatic N) is 3. The molecule has 1 fully saturated rings. The molecule has 2 aliphatic rings. The van der Waals surface area contributed by atoms with Crippen LogP contribution in [-0.2, 0) is 0 Å². The Labute approximate surface area is 162 Å². The van der Waals surface area contributed by atoms with Crippen LogP contribution in [0, 0.1) is 0 Å². The van der Waals surface area contributed by atoms with Crippen molar-refractivity contribution in [2.45, 2.75) is 32.1 Å². The molecular formula is C21H30ClN3O. The summed E-state index contributed by atoms with van der Waals surface area (Å²) in [6.07, 6.45) is 9.24. The first-order valence-electron chi connectivity index (χ1n) is 9.64. The molecule has 0 spiro atoms. The topological polar surface area (TPSA) is 28.6 Å². The van der Waals surface area contributed by atoms with Crippen molar-refractivity contribution < 1.29 is 4.74 Å². The second-order valence-corrected chi connectivity index (χ2v) is 7.93. The summed E-state index contributed by atoms with van der Waals surface area (Å²) in [5.41, 5.74) is 2.44. The van der Waals surface area contributed by atoms with E-state index in [1.54, 1.807) is 0 Å². The maximum atomic E-state index is 6.25. The van der Waals surface area contributed by atoms with Crippen LogP contribution in [0.2, 0.25) is 0 Å². The van der Waals surface area contributed by atoms with Crippen LogP contribution in [0.25, 0.3) is 0 Å². The number of piperazine rings is 1. The van der Waals surface area contributed by atoms with Crippen molar-refractivity contribution >= 4 is 11.6 Å². The van der Waals surface area contributed by atoms with Gasteiger partial charge < -0.3 is 14.5 Å². The van der Waals surface area contributed by atoms with Gasteiger partial charge in [-0.1, -0.05) is 23.3 Å². The van der Waals surface area contributed by atoms with Crippen molar-refractivity contribution in [3.8, 4) is 5.88 Å². The molecule has 26 heavy (non-hydrogen) atoms. The predicted octanol–water partition coefficient (Wildman–Crippen LogP) is 4.04. The van der Waals surface area contributed by atoms with E-state index in [1.165, 1.54) is 50.3 Å². The molecule has 1 aliphatic heterocycles. The van der Waals surface area contributed by atoms with Gasteiger partial charge in [-0.2, -0.15) is 0 Å². The van der Waals surface area contributed by atoms with Crippen LogP contribution in [0.4, 0.5) is 0 Å². The fraction of sp³-hybridized carbons (Fsp3) is 0.571. The third-order valence-electron chi connectivity index (χ3n) is 5.16. The number of aromatic nitrogens is 1. The average molecular weight is 376 g/mol. The molecule has 1 unspecified atom stereocenters. The smallest absolute Gasteiger partial charge is 0.213 e. The molecule has 0 radical (unpaired) electrons. The van der Waals surface area contributed by atoms with Crippen LogP contribution in [0.15, 0.2) is 41.1 Å². The highest BCUT2D eigenvalue weighted by Gasteiger charge is 2.16. The van der Waals surface area contributed by atoms with Gasteiger partial charge >= 0.3 is 0 Å². The molecule has 1 aromatic rings. The lowest BCUT2D eigenvalue weighted by atomic mass is 9.90. The Hall–Kier alpha value is -1.36. The number of halogens is 1. The molecule has 142 valence electrons. The van der Waals surface area contributed by atoms with Gasteiger partial charge in [0.15, 0.2) is 0 Å². The molecule has 4 nitrogen and oxygen atoms in total. The summed E-state index contributed by atoms with van der Waals surface area (Å²) in [5, 5.41) is 0.915. The first kappa shape index (κ1) is 19.4. The molecule has 3 rings (SSSR count). The molecule has 0 aromatic carbocycles. The fourth-order valence-electron chi connectivity index (χ4n) is 3.57. The van der Waals surface area contributed by atoms with E-state index in [0.717, 1.165) is 30.4 Å². The molecule has 0 saturated carbocycles. The van der Waals surface area contributed by atoms with Crippen molar-refractivity contribution in [1.29, 1.82) is 0 Å². The monoisotopic (exact) mass is 375 g/mol. The number of ether oxygens (including phenoxy) is 1. The Morgan fingerprint density at radius 3 is 2.81 bits per heavy atom. The zero-order valence-corrected chi connectivity index (χ0v) is 16.7. The second-order valence-electron chi connectivity index (χ2n) is 7.44. The van der Waals surface area contributed by atoms with Crippen molar-refractivity contribution in [3.63, 3.8) is 0 Å². The van der Waals surface area contributed by atoms with Crippen LogP contribution in [0.1, 0.15) is 37.7 Å². The number of allylic oxidation sites excluding steroid dienone is 4. The first-order valence-corrected chi connectivity index (χ1v) is 10.0. The highest BCUT2D eigenvalue weighted by molar-refractivity contribution is 6.29. The lowest BCUT2D eigenvalue weighted by Gasteiger charge is -2.32. The summed E-state index contributed by atoms with van der Waals surface area (Å²) < 4.78 is 5.89. The molecule has 2 heterocycles. The minimum atomic E-state index is 0.315. The van der Waals surface area contributed by atoms with Gasteiger partial charge in [0.1, 0.15) is 0 Å². The van der Waals surface area contributed by atoms with E-state index in [9.17, 15) is 0 Å². The molecule has 0 amide bonds. The van der Waals surface area contributed by atoms with Crippen LogP contribution >= 0.6 is 11.6 Å². The quantitative estimate of drug-likeness (QED) is 0.672. The third-order valence-corrected chi connectivity index (χ3v) is 5.43. The molecular weight excluding hydrogens is 346 g/mol. The van der Waals surface area contributed by atoms with Crippen molar-refractivity contribution in [1.82, 2.24) is 14.8 Å². The summed E-state index contributed by atoms with van der Waals surface area (Å²) in [6, 6.07) is 4.12. The number of unbranched alkanes of at least 4 members (excludes halogenated alkanes) is 1. The highest BCUT2D eigenvalue weighted by Crippen LogP contribution is 2.33. The van der Waals surface area contributed by atoms with Gasteiger partial charge in [-0.25, -0.2) is 4.98 Å². The second kappa shape index (κ2) is 9.54. The summed E-state index contributed by atoms with van der Waals surface area (Å²) in [6.45, 7) is 8.72. The number of hydrogen-bond acceptors (Lipinski definition) is 4. The number of rotatable bonds is 7. The summed E-state index contributed by atoms with van der Waals surface area (Å²) >= 11 is 6.25. The van der Waals surface area contributed by atoms with Gasteiger partial charge in [-0.3, -0.25) is 0 Å². The van der Waals surface area contributed by atoms with E-state index in [2.05, 4.69) is 47.0 Å². The minimum absolute atomic E-state index is 0.315. The van der Waals surface area contributed by atoms with E-state index in [0.29, 0.717) is 5.92 Å². The van der Waals surface area contributed by atoms with Gasteiger partial charge in [0.2, 0.25) is 5.88 Å². The third kappa shape index (κ3) is 5.83. The number of likely N-dealkylation sites (N-methyl/N-ethyl adjacent to an activating group) is 1. The molecule has 0 N–H and O–H groups in total. The summed E-state index contributed by atoms with van der Waals surface area (Å²) in [4.78, 5) is 9.30. The van der Waals surface area contributed by atoms with Gasteiger partial charge in [-0.15, -0.1) is 0 Å². The molecule has 0 bridgehead atoms. The zero-order valence-electron chi connectivity index (χ0n) is 16.0. The van der Waals surface area contributed by atoms with Crippen LogP contribution in [0.3, 0.4) is 0 Å². The van der Waals surface area contributed by atoms with Crippen molar-refractivity contribution in [2.24, 2.45) is 0 Å². The molecule has 1 aliphatic carbocycles. The fourth-order valence-corrected chi connectivity index (χ4v) is 3.91. The Balaban J connectivity index is 1.41. The van der Waals surface area contributed by atoms with Crippen LogP contribution in [-0.4, -0.2) is 61.2 Å². The largest absolute Gasteiger partial charge is 0.478 e. The normalized spacial score (nSPS) is 22.0. The molecule has 5 heteroatoms. The Morgan fingerprint density at radius 2 is 2.04 bits per heavy atom.